The molecule has 4 nitrogen and oxygen atoms in total. The smallest absolute Gasteiger partial charge is 0.311 e. The molecule has 176 valence electrons. The first-order chi connectivity index (χ1) is 16.0. The van der Waals surface area contributed by atoms with E-state index in [0.29, 0.717) is 23.1 Å². The molecule has 0 saturated carbocycles. The first-order valence-electron chi connectivity index (χ1n) is 10.7. The van der Waals surface area contributed by atoms with Gasteiger partial charge in [0.15, 0.2) is 5.17 Å². The maximum absolute atomic E-state index is 14.6. The van der Waals surface area contributed by atoms with Crippen molar-refractivity contribution < 1.29 is 18.0 Å². The number of alkyl halides is 3. The fourth-order valence-electron chi connectivity index (χ4n) is 3.67. The van der Waals surface area contributed by atoms with Gasteiger partial charge in [-0.3, -0.25) is 0 Å². The number of rotatable bonds is 3. The molecule has 8 heteroatoms. The molecule has 1 saturated heterocycles. The Labute approximate surface area is 200 Å². The molecule has 2 amide bonds. The quantitative estimate of drug-likeness (QED) is 0.425. The zero-order valence-electron chi connectivity index (χ0n) is 19.2. The monoisotopic (exact) mass is 483 g/mol. The first kappa shape index (κ1) is 23.9. The van der Waals surface area contributed by atoms with Crippen LogP contribution in [0.15, 0.2) is 71.7 Å². The van der Waals surface area contributed by atoms with Gasteiger partial charge in [-0.05, 0) is 91.5 Å². The Hall–Kier alpha value is -3.26. The van der Waals surface area contributed by atoms with Crippen LogP contribution >= 0.6 is 11.8 Å². The summed E-state index contributed by atoms with van der Waals surface area (Å²) in [5, 5.41) is 2.19. The van der Waals surface area contributed by atoms with Crippen LogP contribution in [0.1, 0.15) is 27.8 Å². The number of amidine groups is 1. The van der Waals surface area contributed by atoms with Gasteiger partial charge in [-0.2, -0.15) is 13.2 Å². The molecule has 4 rings (SSSR count). The Balaban J connectivity index is 1.92. The lowest BCUT2D eigenvalue weighted by Gasteiger charge is -2.43. The Morgan fingerprint density at radius 3 is 2.06 bits per heavy atom. The van der Waals surface area contributed by atoms with Gasteiger partial charge in [-0.1, -0.05) is 42.5 Å². The molecule has 0 aromatic heterocycles. The number of hydrogen-bond acceptors (Lipinski definition) is 3. The first-order valence-corrected chi connectivity index (χ1v) is 11.5. The van der Waals surface area contributed by atoms with Gasteiger partial charge in [-0.15, -0.1) is 0 Å². The summed E-state index contributed by atoms with van der Waals surface area (Å²) in [6.07, 6.45) is -4.78. The van der Waals surface area contributed by atoms with E-state index in [1.54, 1.807) is 30.3 Å². The molecule has 0 bridgehead atoms. The van der Waals surface area contributed by atoms with E-state index in [0.717, 1.165) is 22.3 Å². The Bertz CT molecular complexity index is 1270. The van der Waals surface area contributed by atoms with Crippen molar-refractivity contribution in [3.63, 3.8) is 0 Å². The lowest BCUT2D eigenvalue weighted by Crippen LogP contribution is -2.63. The molecule has 1 aliphatic heterocycles. The molecule has 1 aliphatic rings. The predicted octanol–water partition coefficient (Wildman–Crippen LogP) is 7.29. The second-order valence-electron chi connectivity index (χ2n) is 8.34. The number of nitrogens with one attached hydrogen (secondary N) is 1. The predicted molar refractivity (Wildman–Crippen MR) is 132 cm³/mol. The summed E-state index contributed by atoms with van der Waals surface area (Å²) in [5.41, 5.74) is 4.76. The molecule has 1 unspecified atom stereocenters. The fourth-order valence-corrected chi connectivity index (χ4v) is 4.88. The highest BCUT2D eigenvalue weighted by Gasteiger charge is 2.62. The minimum absolute atomic E-state index is 0.0589. The van der Waals surface area contributed by atoms with E-state index in [-0.39, 0.29) is 10.7 Å². The number of urea groups is 1. The van der Waals surface area contributed by atoms with Crippen molar-refractivity contribution >= 4 is 34.3 Å². The molecule has 1 atom stereocenters. The highest BCUT2D eigenvalue weighted by atomic mass is 32.2. The number of carbonyl (C=O) groups excluding carboxylic acids is 1. The van der Waals surface area contributed by atoms with Crippen molar-refractivity contribution in [1.29, 1.82) is 0 Å². The summed E-state index contributed by atoms with van der Waals surface area (Å²) in [6.45, 7) is 7.67. The second-order valence-corrected chi connectivity index (χ2v) is 9.53. The Kier molecular flexibility index (Phi) is 6.20. The Morgan fingerprint density at radius 1 is 0.853 bits per heavy atom. The third-order valence-corrected chi connectivity index (χ3v) is 7.30. The third-order valence-electron chi connectivity index (χ3n) is 5.97. The van der Waals surface area contributed by atoms with Crippen LogP contribution in [0.4, 0.5) is 29.3 Å². The number of anilines is 1. The van der Waals surface area contributed by atoms with Gasteiger partial charge in [0, 0.05) is 0 Å². The number of aryl methyl sites for hydroxylation is 4. The topological polar surface area (TPSA) is 44.7 Å². The zero-order chi connectivity index (χ0) is 24.7. The SMILES string of the molecule is Cc1ccc(N=C2SC(c3ccccc3)(C(F)(F)F)NC(=O)N2c2ccc(C)c(C)c2)cc1C. The van der Waals surface area contributed by atoms with Gasteiger partial charge in [0.25, 0.3) is 0 Å². The molecule has 3 aromatic carbocycles. The molecular weight excluding hydrogens is 459 g/mol. The molecule has 0 radical (unpaired) electrons. The summed E-state index contributed by atoms with van der Waals surface area (Å²) in [5.74, 6) is 0. The molecule has 34 heavy (non-hydrogen) atoms. The minimum Gasteiger partial charge on any atom is -0.311 e. The summed E-state index contributed by atoms with van der Waals surface area (Å²) in [6, 6.07) is 17.2. The largest absolute Gasteiger partial charge is 0.425 e. The number of hydrogen-bond donors (Lipinski definition) is 1. The normalized spacial score (nSPS) is 19.9. The van der Waals surface area contributed by atoms with Crippen molar-refractivity contribution in [2.45, 2.75) is 38.7 Å². The maximum atomic E-state index is 14.6. The van der Waals surface area contributed by atoms with E-state index in [1.165, 1.54) is 29.2 Å². The highest BCUT2D eigenvalue weighted by molar-refractivity contribution is 8.15. The van der Waals surface area contributed by atoms with E-state index in [2.05, 4.69) is 10.3 Å². The molecule has 3 aromatic rings. The highest BCUT2D eigenvalue weighted by Crippen LogP contribution is 2.51. The van der Waals surface area contributed by atoms with Crippen molar-refractivity contribution in [1.82, 2.24) is 5.32 Å². The van der Waals surface area contributed by atoms with Crippen LogP contribution in [0.25, 0.3) is 0 Å². The van der Waals surface area contributed by atoms with Crippen LogP contribution in [0.2, 0.25) is 0 Å². The van der Waals surface area contributed by atoms with Gasteiger partial charge in [-0.25, -0.2) is 14.7 Å². The number of thioether (sulfide) groups is 1. The molecule has 0 spiro atoms. The Morgan fingerprint density at radius 2 is 1.47 bits per heavy atom. The van der Waals surface area contributed by atoms with Gasteiger partial charge in [0.05, 0.1) is 11.4 Å². The molecule has 0 aliphatic carbocycles. The number of nitrogens with zero attached hydrogens (tertiary/aromatic N) is 2. The van der Waals surface area contributed by atoms with E-state index in [9.17, 15) is 18.0 Å². The van der Waals surface area contributed by atoms with Crippen LogP contribution in [0, 0.1) is 27.7 Å². The minimum atomic E-state index is -4.78. The van der Waals surface area contributed by atoms with Gasteiger partial charge >= 0.3 is 12.2 Å². The van der Waals surface area contributed by atoms with Crippen molar-refractivity contribution in [3.05, 3.63) is 94.5 Å². The fraction of sp³-hybridized carbons (Fsp3) is 0.231. The van der Waals surface area contributed by atoms with Gasteiger partial charge < -0.3 is 5.32 Å². The summed E-state index contributed by atoms with van der Waals surface area (Å²) >= 11 is 0.480. The van der Waals surface area contributed by atoms with Gasteiger partial charge in [0.2, 0.25) is 4.87 Å². The molecule has 1 heterocycles. The van der Waals surface area contributed by atoms with Crippen molar-refractivity contribution in [3.8, 4) is 0 Å². The summed E-state index contributed by atoms with van der Waals surface area (Å²) < 4.78 is 43.9. The third kappa shape index (κ3) is 4.30. The number of carbonyl (C=O) groups is 1. The zero-order valence-corrected chi connectivity index (χ0v) is 20.0. The summed E-state index contributed by atoms with van der Waals surface area (Å²) in [7, 11) is 0. The lowest BCUT2D eigenvalue weighted by molar-refractivity contribution is -0.167. The van der Waals surface area contributed by atoms with Crippen LogP contribution in [-0.2, 0) is 4.87 Å². The average molecular weight is 484 g/mol. The maximum Gasteiger partial charge on any atom is 0.425 e. The van der Waals surface area contributed by atoms with Crippen LogP contribution in [-0.4, -0.2) is 17.4 Å². The lowest BCUT2D eigenvalue weighted by atomic mass is 10.1. The van der Waals surface area contributed by atoms with Crippen LogP contribution in [0.5, 0.6) is 0 Å². The second kappa shape index (κ2) is 8.83. The number of aliphatic imine (C=N–C) groups is 1. The van der Waals surface area contributed by atoms with Gasteiger partial charge in [0.1, 0.15) is 0 Å². The van der Waals surface area contributed by atoms with E-state index >= 15 is 0 Å². The number of benzene rings is 3. The number of amides is 2. The standard InChI is InChI=1S/C26H24F3N3OS/c1-16-10-12-21(14-18(16)3)30-24-32(22-13-11-17(2)19(4)15-22)23(33)31-25(34-24,26(27,28)29)20-8-6-5-7-9-20/h5-15H,1-4H3,(H,31,33). The van der Waals surface area contributed by atoms with Crippen LogP contribution < -0.4 is 10.2 Å². The molecule has 1 N–H and O–H groups in total. The summed E-state index contributed by atoms with van der Waals surface area (Å²) in [4.78, 5) is 16.5. The molecular formula is C26H24F3N3OS. The van der Waals surface area contributed by atoms with E-state index < -0.39 is 17.1 Å². The molecule has 1 fully saturated rings. The van der Waals surface area contributed by atoms with Crippen molar-refractivity contribution in [2.24, 2.45) is 4.99 Å². The van der Waals surface area contributed by atoms with Crippen molar-refractivity contribution in [2.75, 3.05) is 4.90 Å². The number of halogens is 3. The van der Waals surface area contributed by atoms with E-state index in [4.69, 9.17) is 0 Å². The van der Waals surface area contributed by atoms with Crippen LogP contribution in [0.3, 0.4) is 0 Å². The average Bonchev–Trinajstić information content (AvgIpc) is 2.78. The van der Waals surface area contributed by atoms with E-state index in [1.807, 2.05) is 39.8 Å².